The van der Waals surface area contributed by atoms with Gasteiger partial charge in [-0.1, -0.05) is 34.1 Å². The van der Waals surface area contributed by atoms with Crippen molar-refractivity contribution < 1.29 is 9.59 Å². The second kappa shape index (κ2) is 3.86. The molecule has 1 aromatic carbocycles. The highest BCUT2D eigenvalue weighted by molar-refractivity contribution is 9.10. The zero-order valence-electron chi connectivity index (χ0n) is 10.1. The molecule has 0 N–H and O–H groups in total. The van der Waals surface area contributed by atoms with E-state index in [4.69, 9.17) is 0 Å². The highest BCUT2D eigenvalue weighted by Gasteiger charge is 2.35. The molecule has 0 amide bonds. The number of hydrogen-bond donors (Lipinski definition) is 0. The second-order valence-corrected chi connectivity index (χ2v) is 5.41. The number of nitrogens with zero attached hydrogens (tertiary/aromatic N) is 2. The standard InChI is InChI=1S/C15H7BrN2O2/c16-9-5-3-4-8-11(9)14(19)15(20)13-12(8)17-10-6-1-2-7-18(10)13/h1-7H. The minimum atomic E-state index is -0.516. The zero-order chi connectivity index (χ0) is 13.9. The summed E-state index contributed by atoms with van der Waals surface area (Å²) in [6.07, 6.45) is 1.75. The third-order valence-electron chi connectivity index (χ3n) is 3.45. The fraction of sp³-hybridized carbons (Fsp3) is 0. The van der Waals surface area contributed by atoms with E-state index in [9.17, 15) is 9.59 Å². The molecule has 96 valence electrons. The Bertz CT molecular complexity index is 911. The number of rotatable bonds is 0. The molecule has 0 radical (unpaired) electrons. The summed E-state index contributed by atoms with van der Waals surface area (Å²) in [6, 6.07) is 10.9. The molecule has 0 fully saturated rings. The van der Waals surface area contributed by atoms with Gasteiger partial charge in [-0.25, -0.2) is 4.98 Å². The maximum absolute atomic E-state index is 12.4. The molecular formula is C15H7BrN2O2. The molecule has 0 spiro atoms. The average molecular weight is 327 g/mol. The predicted molar refractivity (Wildman–Crippen MR) is 77.0 cm³/mol. The minimum Gasteiger partial charge on any atom is -0.296 e. The summed E-state index contributed by atoms with van der Waals surface area (Å²) in [4.78, 5) is 29.2. The van der Waals surface area contributed by atoms with Crippen molar-refractivity contribution in [1.29, 1.82) is 0 Å². The molecule has 3 aromatic rings. The third kappa shape index (κ3) is 1.33. The van der Waals surface area contributed by atoms with Crippen molar-refractivity contribution in [3.05, 3.63) is 58.3 Å². The maximum Gasteiger partial charge on any atom is 0.252 e. The summed E-state index contributed by atoms with van der Waals surface area (Å²) in [6.45, 7) is 0. The van der Waals surface area contributed by atoms with Crippen LogP contribution in [0.15, 0.2) is 47.1 Å². The Morgan fingerprint density at radius 1 is 1.00 bits per heavy atom. The largest absolute Gasteiger partial charge is 0.296 e. The summed E-state index contributed by atoms with van der Waals surface area (Å²) < 4.78 is 2.29. The van der Waals surface area contributed by atoms with Gasteiger partial charge in [-0.05, 0) is 18.2 Å². The van der Waals surface area contributed by atoms with Gasteiger partial charge < -0.3 is 0 Å². The number of carbonyl (C=O) groups is 2. The lowest BCUT2D eigenvalue weighted by Crippen LogP contribution is -2.22. The van der Waals surface area contributed by atoms with Crippen LogP contribution in [0.4, 0.5) is 0 Å². The lowest BCUT2D eigenvalue weighted by Gasteiger charge is -2.14. The molecule has 4 rings (SSSR count). The molecule has 1 aliphatic rings. The molecule has 0 atom stereocenters. The van der Waals surface area contributed by atoms with Gasteiger partial charge in [0.2, 0.25) is 5.78 Å². The first-order valence-corrected chi connectivity index (χ1v) is 6.83. The minimum absolute atomic E-state index is 0.344. The molecule has 2 heterocycles. The number of fused-ring (bicyclic) bond motifs is 5. The molecule has 20 heavy (non-hydrogen) atoms. The normalized spacial score (nSPS) is 13.4. The highest BCUT2D eigenvalue weighted by atomic mass is 79.9. The number of carbonyl (C=O) groups excluding carboxylic acids is 2. The Kier molecular flexibility index (Phi) is 2.23. The van der Waals surface area contributed by atoms with E-state index >= 15 is 0 Å². The molecule has 0 saturated heterocycles. The smallest absolute Gasteiger partial charge is 0.252 e. The summed E-state index contributed by atoms with van der Waals surface area (Å²) in [5.74, 6) is -1.01. The Labute approximate surface area is 122 Å². The molecular weight excluding hydrogens is 320 g/mol. The Balaban J connectivity index is 2.20. The fourth-order valence-corrected chi connectivity index (χ4v) is 3.12. The number of hydrogen-bond acceptors (Lipinski definition) is 3. The van der Waals surface area contributed by atoms with Crippen LogP contribution in [0.2, 0.25) is 0 Å². The van der Waals surface area contributed by atoms with Gasteiger partial charge in [0, 0.05) is 21.8 Å². The molecule has 0 aliphatic heterocycles. The van der Waals surface area contributed by atoms with Crippen molar-refractivity contribution >= 4 is 33.1 Å². The first-order chi connectivity index (χ1) is 9.68. The van der Waals surface area contributed by atoms with E-state index < -0.39 is 11.6 Å². The zero-order valence-corrected chi connectivity index (χ0v) is 11.7. The van der Waals surface area contributed by atoms with Crippen LogP contribution in [0.1, 0.15) is 20.8 Å². The van der Waals surface area contributed by atoms with Crippen LogP contribution in [0.3, 0.4) is 0 Å². The van der Waals surface area contributed by atoms with Crippen LogP contribution in [0.5, 0.6) is 0 Å². The van der Waals surface area contributed by atoms with Crippen molar-refractivity contribution in [3.8, 4) is 11.3 Å². The molecule has 2 aromatic heterocycles. The Morgan fingerprint density at radius 3 is 2.70 bits per heavy atom. The van der Waals surface area contributed by atoms with Gasteiger partial charge in [0.25, 0.3) is 5.78 Å². The first kappa shape index (κ1) is 11.5. The van der Waals surface area contributed by atoms with E-state index in [0.29, 0.717) is 32.6 Å². The summed E-state index contributed by atoms with van der Waals surface area (Å²) in [5, 5.41) is 0. The molecule has 0 unspecified atom stereocenters. The average Bonchev–Trinajstić information content (AvgIpc) is 2.84. The quantitative estimate of drug-likeness (QED) is 0.596. The van der Waals surface area contributed by atoms with Crippen molar-refractivity contribution in [2.45, 2.75) is 0 Å². The lowest BCUT2D eigenvalue weighted by molar-refractivity contribution is 0.0811. The van der Waals surface area contributed by atoms with Crippen LogP contribution >= 0.6 is 15.9 Å². The molecule has 5 heteroatoms. The predicted octanol–water partition coefficient (Wildman–Crippen LogP) is 3.14. The van der Waals surface area contributed by atoms with Gasteiger partial charge in [-0.2, -0.15) is 0 Å². The maximum atomic E-state index is 12.4. The number of Topliss-reactive ketones (excluding diaryl/α,β-unsaturated/α-hetero) is 2. The number of halogens is 1. The second-order valence-electron chi connectivity index (χ2n) is 4.56. The number of ketones is 2. The van der Waals surface area contributed by atoms with Crippen LogP contribution in [0.25, 0.3) is 16.9 Å². The van der Waals surface area contributed by atoms with Crippen LogP contribution in [0, 0.1) is 0 Å². The van der Waals surface area contributed by atoms with Gasteiger partial charge in [-0.3, -0.25) is 14.0 Å². The van der Waals surface area contributed by atoms with Crippen molar-refractivity contribution in [2.24, 2.45) is 0 Å². The summed E-state index contributed by atoms with van der Waals surface area (Å²) in [5.41, 5.74) is 2.66. The topological polar surface area (TPSA) is 51.4 Å². The summed E-state index contributed by atoms with van der Waals surface area (Å²) >= 11 is 3.34. The van der Waals surface area contributed by atoms with E-state index in [0.717, 1.165) is 0 Å². The van der Waals surface area contributed by atoms with Gasteiger partial charge in [0.15, 0.2) is 0 Å². The van der Waals surface area contributed by atoms with Crippen molar-refractivity contribution in [1.82, 2.24) is 9.38 Å². The van der Waals surface area contributed by atoms with Gasteiger partial charge in [-0.15, -0.1) is 0 Å². The monoisotopic (exact) mass is 326 g/mol. The van der Waals surface area contributed by atoms with E-state index in [2.05, 4.69) is 20.9 Å². The van der Waals surface area contributed by atoms with E-state index in [1.807, 2.05) is 30.3 Å². The highest BCUT2D eigenvalue weighted by Crippen LogP contribution is 2.36. The van der Waals surface area contributed by atoms with Crippen LogP contribution in [-0.2, 0) is 0 Å². The lowest BCUT2D eigenvalue weighted by atomic mass is 9.90. The first-order valence-electron chi connectivity index (χ1n) is 6.03. The molecule has 0 saturated carbocycles. The van der Waals surface area contributed by atoms with Crippen LogP contribution < -0.4 is 0 Å². The van der Waals surface area contributed by atoms with E-state index in [1.165, 1.54) is 0 Å². The SMILES string of the molecule is O=C1C(=O)c2c(nc3ccccn23)-c2cccc(Br)c21. The number of imidazole rings is 1. The summed E-state index contributed by atoms with van der Waals surface area (Å²) in [7, 11) is 0. The van der Waals surface area contributed by atoms with Crippen molar-refractivity contribution in [2.75, 3.05) is 0 Å². The number of aromatic nitrogens is 2. The fourth-order valence-electron chi connectivity index (χ4n) is 2.57. The van der Waals surface area contributed by atoms with Gasteiger partial charge in [0.1, 0.15) is 17.0 Å². The molecule has 1 aliphatic carbocycles. The number of benzene rings is 1. The molecule has 4 nitrogen and oxygen atoms in total. The van der Waals surface area contributed by atoms with E-state index in [-0.39, 0.29) is 0 Å². The van der Waals surface area contributed by atoms with Crippen molar-refractivity contribution in [3.63, 3.8) is 0 Å². The van der Waals surface area contributed by atoms with Gasteiger partial charge >= 0.3 is 0 Å². The Hall–Kier alpha value is -2.27. The number of pyridine rings is 1. The molecule has 0 bridgehead atoms. The van der Waals surface area contributed by atoms with Gasteiger partial charge in [0.05, 0.1) is 0 Å². The Morgan fingerprint density at radius 2 is 1.85 bits per heavy atom. The van der Waals surface area contributed by atoms with E-state index in [1.54, 1.807) is 16.7 Å². The van der Waals surface area contributed by atoms with Crippen LogP contribution in [-0.4, -0.2) is 21.0 Å². The third-order valence-corrected chi connectivity index (χ3v) is 4.11.